The number of hydrogen-bond acceptors (Lipinski definition) is 3. The van der Waals surface area contributed by atoms with E-state index in [4.69, 9.17) is 4.74 Å². The summed E-state index contributed by atoms with van der Waals surface area (Å²) in [6, 6.07) is 4.68. The van der Waals surface area contributed by atoms with Gasteiger partial charge in [-0.3, -0.25) is 10.1 Å². The highest BCUT2D eigenvalue weighted by Crippen LogP contribution is 2.31. The Morgan fingerprint density at radius 1 is 1.38 bits per heavy atom. The lowest BCUT2D eigenvalue weighted by Crippen LogP contribution is -2.40. The maximum absolute atomic E-state index is 12.6. The zero-order chi connectivity index (χ0) is 15.6. The van der Waals surface area contributed by atoms with E-state index in [9.17, 15) is 18.0 Å². The van der Waals surface area contributed by atoms with Crippen LogP contribution in [0.25, 0.3) is 0 Å². The summed E-state index contributed by atoms with van der Waals surface area (Å²) in [5.41, 5.74) is -0.0798. The number of carbonyl (C=O) groups is 1. The van der Waals surface area contributed by atoms with Crippen molar-refractivity contribution in [2.45, 2.75) is 25.3 Å². The van der Waals surface area contributed by atoms with Gasteiger partial charge in [-0.05, 0) is 24.6 Å². The van der Waals surface area contributed by atoms with Crippen LogP contribution in [-0.2, 0) is 15.7 Å². The van der Waals surface area contributed by atoms with Crippen LogP contribution in [0.5, 0.6) is 0 Å². The molecule has 0 saturated carbocycles. The van der Waals surface area contributed by atoms with Gasteiger partial charge in [0.25, 0.3) is 0 Å². The fourth-order valence-corrected chi connectivity index (χ4v) is 2.47. The molecular formula is C14H17F3N2O2. The molecule has 4 nitrogen and oxygen atoms in total. The lowest BCUT2D eigenvalue weighted by Gasteiger charge is -2.30. The Morgan fingerprint density at radius 3 is 2.52 bits per heavy atom. The van der Waals surface area contributed by atoms with Crippen LogP contribution < -0.4 is 5.32 Å². The van der Waals surface area contributed by atoms with Crippen LogP contribution in [0.15, 0.2) is 24.3 Å². The summed E-state index contributed by atoms with van der Waals surface area (Å²) in [5, 5.41) is 3.01. The van der Waals surface area contributed by atoms with E-state index in [1.54, 1.807) is 4.90 Å². The maximum atomic E-state index is 12.6. The molecule has 0 spiro atoms. The second kappa shape index (κ2) is 6.03. The first-order chi connectivity index (χ1) is 9.84. The van der Waals surface area contributed by atoms with Gasteiger partial charge in [0.1, 0.15) is 6.17 Å². The van der Waals surface area contributed by atoms with Gasteiger partial charge in [-0.1, -0.05) is 12.1 Å². The van der Waals surface area contributed by atoms with Crippen molar-refractivity contribution < 1.29 is 22.7 Å². The molecule has 1 aliphatic heterocycles. The predicted molar refractivity (Wildman–Crippen MR) is 70.4 cm³/mol. The summed E-state index contributed by atoms with van der Waals surface area (Å²) in [6.07, 6.45) is -4.79. The first-order valence-corrected chi connectivity index (χ1v) is 6.55. The fraction of sp³-hybridized carbons (Fsp3) is 0.500. The third-order valence-corrected chi connectivity index (χ3v) is 3.45. The Bertz CT molecular complexity index is 502. The molecule has 1 saturated heterocycles. The molecule has 0 aromatic heterocycles. The molecule has 1 amide bonds. The van der Waals surface area contributed by atoms with Gasteiger partial charge < -0.3 is 9.64 Å². The SMILES string of the molecule is COCC(C)N1C(=O)CNC1c1ccc(C(F)(F)F)cc1. The topological polar surface area (TPSA) is 41.6 Å². The van der Waals surface area contributed by atoms with Crippen LogP contribution >= 0.6 is 0 Å². The van der Waals surface area contributed by atoms with Gasteiger partial charge in [0.2, 0.25) is 5.91 Å². The van der Waals surface area contributed by atoms with Gasteiger partial charge in [0.05, 0.1) is 24.8 Å². The minimum absolute atomic E-state index is 0.0931. The predicted octanol–water partition coefficient (Wildman–Crippen LogP) is 2.17. The van der Waals surface area contributed by atoms with Gasteiger partial charge in [-0.25, -0.2) is 0 Å². The van der Waals surface area contributed by atoms with Crippen molar-refractivity contribution in [3.05, 3.63) is 35.4 Å². The number of rotatable bonds is 4. The molecule has 1 N–H and O–H groups in total. The monoisotopic (exact) mass is 302 g/mol. The second-order valence-corrected chi connectivity index (χ2v) is 5.01. The summed E-state index contributed by atoms with van der Waals surface area (Å²) in [4.78, 5) is 13.5. The molecule has 0 radical (unpaired) electrons. The van der Waals surface area contributed by atoms with E-state index < -0.39 is 17.9 Å². The standard InChI is InChI=1S/C14H17F3N2O2/c1-9(8-21-2)19-12(20)7-18-13(19)10-3-5-11(6-4-10)14(15,16)17/h3-6,9,13,18H,7-8H2,1-2H3. The molecule has 2 rings (SSSR count). The highest BCUT2D eigenvalue weighted by atomic mass is 19.4. The molecule has 1 fully saturated rings. The van der Waals surface area contributed by atoms with Crippen LogP contribution in [-0.4, -0.2) is 37.1 Å². The zero-order valence-electron chi connectivity index (χ0n) is 11.8. The third-order valence-electron chi connectivity index (χ3n) is 3.45. The van der Waals surface area contributed by atoms with E-state index in [1.807, 2.05) is 6.92 Å². The van der Waals surface area contributed by atoms with Crippen molar-refractivity contribution in [1.29, 1.82) is 0 Å². The molecular weight excluding hydrogens is 285 g/mol. The lowest BCUT2D eigenvalue weighted by molar-refractivity contribution is -0.137. The Morgan fingerprint density at radius 2 is 2.00 bits per heavy atom. The molecule has 1 aromatic rings. The number of halogens is 3. The van der Waals surface area contributed by atoms with Crippen LogP contribution in [0.1, 0.15) is 24.2 Å². The van der Waals surface area contributed by atoms with Gasteiger partial charge in [0.15, 0.2) is 0 Å². The number of nitrogens with one attached hydrogen (secondary N) is 1. The molecule has 0 bridgehead atoms. The van der Waals surface area contributed by atoms with Gasteiger partial charge in [0, 0.05) is 7.11 Å². The van der Waals surface area contributed by atoms with E-state index in [0.717, 1.165) is 12.1 Å². The number of alkyl halides is 3. The molecule has 1 aromatic carbocycles. The summed E-state index contributed by atoms with van der Waals surface area (Å²) in [7, 11) is 1.54. The number of carbonyl (C=O) groups excluding carboxylic acids is 1. The number of nitrogens with zero attached hydrogens (tertiary/aromatic N) is 1. The largest absolute Gasteiger partial charge is 0.416 e. The Hall–Kier alpha value is -1.60. The summed E-state index contributed by atoms with van der Waals surface area (Å²) >= 11 is 0. The highest BCUT2D eigenvalue weighted by molar-refractivity contribution is 5.81. The van der Waals surface area contributed by atoms with Gasteiger partial charge >= 0.3 is 6.18 Å². The third kappa shape index (κ3) is 3.36. The van der Waals surface area contributed by atoms with Crippen molar-refractivity contribution in [1.82, 2.24) is 10.2 Å². The molecule has 21 heavy (non-hydrogen) atoms. The lowest BCUT2D eigenvalue weighted by atomic mass is 10.1. The molecule has 7 heteroatoms. The van der Waals surface area contributed by atoms with Crippen LogP contribution in [0.4, 0.5) is 13.2 Å². The molecule has 2 atom stereocenters. The van der Waals surface area contributed by atoms with Crippen molar-refractivity contribution in [3.8, 4) is 0 Å². The smallest absolute Gasteiger partial charge is 0.383 e. The molecule has 2 unspecified atom stereocenters. The number of benzene rings is 1. The van der Waals surface area contributed by atoms with E-state index in [0.29, 0.717) is 12.2 Å². The van der Waals surface area contributed by atoms with E-state index in [1.165, 1.54) is 19.2 Å². The Kier molecular flexibility index (Phi) is 4.53. The van der Waals surface area contributed by atoms with Crippen LogP contribution in [0, 0.1) is 0 Å². The molecule has 0 aliphatic carbocycles. The number of hydrogen-bond donors (Lipinski definition) is 1. The minimum atomic E-state index is -4.36. The van der Waals surface area contributed by atoms with E-state index >= 15 is 0 Å². The molecule has 1 heterocycles. The normalized spacial score (nSPS) is 20.9. The Labute approximate surface area is 120 Å². The fourth-order valence-electron chi connectivity index (χ4n) is 2.47. The van der Waals surface area contributed by atoms with Gasteiger partial charge in [-0.2, -0.15) is 13.2 Å². The molecule has 116 valence electrons. The number of amides is 1. The summed E-state index contributed by atoms with van der Waals surface area (Å²) in [5.74, 6) is -0.0931. The maximum Gasteiger partial charge on any atom is 0.416 e. The quantitative estimate of drug-likeness (QED) is 0.927. The number of methoxy groups -OCH3 is 1. The van der Waals surface area contributed by atoms with Crippen molar-refractivity contribution >= 4 is 5.91 Å². The minimum Gasteiger partial charge on any atom is -0.383 e. The van der Waals surface area contributed by atoms with Crippen molar-refractivity contribution in [3.63, 3.8) is 0 Å². The van der Waals surface area contributed by atoms with Crippen LogP contribution in [0.3, 0.4) is 0 Å². The summed E-state index contributed by atoms with van der Waals surface area (Å²) < 4.78 is 42.7. The van der Waals surface area contributed by atoms with Gasteiger partial charge in [-0.15, -0.1) is 0 Å². The van der Waals surface area contributed by atoms with E-state index in [-0.39, 0.29) is 18.5 Å². The van der Waals surface area contributed by atoms with Crippen molar-refractivity contribution in [2.75, 3.05) is 20.3 Å². The first-order valence-electron chi connectivity index (χ1n) is 6.55. The average Bonchev–Trinajstić information content (AvgIpc) is 2.80. The van der Waals surface area contributed by atoms with E-state index in [2.05, 4.69) is 5.32 Å². The highest BCUT2D eigenvalue weighted by Gasteiger charge is 2.36. The van der Waals surface area contributed by atoms with Crippen molar-refractivity contribution in [2.24, 2.45) is 0 Å². The second-order valence-electron chi connectivity index (χ2n) is 5.01. The first kappa shape index (κ1) is 15.8. The van der Waals surface area contributed by atoms with Crippen LogP contribution in [0.2, 0.25) is 0 Å². The Balaban J connectivity index is 2.22. The number of ether oxygens (including phenoxy) is 1. The summed E-state index contributed by atoms with van der Waals surface area (Å²) in [6.45, 7) is 2.37. The molecule has 1 aliphatic rings. The average molecular weight is 302 g/mol. The zero-order valence-corrected chi connectivity index (χ0v) is 11.8.